The van der Waals surface area contributed by atoms with Crippen molar-refractivity contribution in [2.45, 2.75) is 6.42 Å². The Morgan fingerprint density at radius 3 is 2.87 bits per heavy atom. The third kappa shape index (κ3) is 4.06. The molecular formula is C23H20N6O2. The Balaban J connectivity index is 1.38. The first kappa shape index (κ1) is 19.1. The van der Waals surface area contributed by atoms with Crippen LogP contribution in [0.4, 0.5) is 5.82 Å². The second-order valence-electron chi connectivity index (χ2n) is 7.45. The van der Waals surface area contributed by atoms with E-state index < -0.39 is 0 Å². The number of nitrogens with one attached hydrogen (secondary N) is 1. The molecule has 0 aliphatic carbocycles. The van der Waals surface area contributed by atoms with Gasteiger partial charge in [-0.05, 0) is 43.3 Å². The summed E-state index contributed by atoms with van der Waals surface area (Å²) in [6, 6.07) is 9.03. The van der Waals surface area contributed by atoms with Crippen molar-refractivity contribution in [1.29, 1.82) is 0 Å². The largest absolute Gasteiger partial charge is 0.442 e. The van der Waals surface area contributed by atoms with Gasteiger partial charge in [0.05, 0.1) is 17.4 Å². The van der Waals surface area contributed by atoms with Crippen LogP contribution < -0.4 is 5.32 Å². The van der Waals surface area contributed by atoms with Crippen molar-refractivity contribution in [3.8, 4) is 11.5 Å². The van der Waals surface area contributed by atoms with Gasteiger partial charge in [0.2, 0.25) is 0 Å². The molecule has 0 radical (unpaired) electrons. The number of anilines is 1. The summed E-state index contributed by atoms with van der Waals surface area (Å²) in [5, 5.41) is 3.72. The van der Waals surface area contributed by atoms with E-state index in [9.17, 15) is 4.79 Å². The lowest BCUT2D eigenvalue weighted by molar-refractivity contribution is 0.102. The lowest BCUT2D eigenvalue weighted by Gasteiger charge is -2.21. The monoisotopic (exact) mass is 412 g/mol. The van der Waals surface area contributed by atoms with Crippen LogP contribution in [-0.4, -0.2) is 50.9 Å². The van der Waals surface area contributed by atoms with Crippen LogP contribution in [0.2, 0.25) is 0 Å². The third-order valence-corrected chi connectivity index (χ3v) is 5.26. The minimum absolute atomic E-state index is 0.240. The van der Waals surface area contributed by atoms with Gasteiger partial charge in [0.25, 0.3) is 5.91 Å². The zero-order chi connectivity index (χ0) is 21.2. The number of amides is 1. The molecule has 0 spiro atoms. The summed E-state index contributed by atoms with van der Waals surface area (Å²) < 4.78 is 5.32. The number of oxazole rings is 1. The summed E-state index contributed by atoms with van der Waals surface area (Å²) >= 11 is 0. The van der Waals surface area contributed by atoms with Gasteiger partial charge in [0.1, 0.15) is 11.5 Å². The Labute approximate surface area is 178 Å². The average Bonchev–Trinajstić information content (AvgIpc) is 3.34. The molecule has 1 aliphatic heterocycles. The summed E-state index contributed by atoms with van der Waals surface area (Å²) in [4.78, 5) is 32.4. The van der Waals surface area contributed by atoms with Crippen molar-refractivity contribution in [3.05, 3.63) is 72.6 Å². The quantitative estimate of drug-likeness (QED) is 0.546. The molecule has 5 rings (SSSR count). The van der Waals surface area contributed by atoms with Gasteiger partial charge in [-0.1, -0.05) is 6.08 Å². The predicted molar refractivity (Wildman–Crippen MR) is 117 cm³/mol. The molecule has 8 heteroatoms. The highest BCUT2D eigenvalue weighted by Gasteiger charge is 2.14. The summed E-state index contributed by atoms with van der Waals surface area (Å²) in [5.41, 5.74) is 3.91. The predicted octanol–water partition coefficient (Wildman–Crippen LogP) is 3.65. The summed E-state index contributed by atoms with van der Waals surface area (Å²) in [5.74, 6) is 0.767. The zero-order valence-electron chi connectivity index (χ0n) is 16.9. The molecular weight excluding hydrogens is 392 g/mol. The van der Waals surface area contributed by atoms with Crippen LogP contribution in [-0.2, 0) is 0 Å². The molecule has 4 aromatic heterocycles. The van der Waals surface area contributed by atoms with Crippen LogP contribution >= 0.6 is 0 Å². The first-order chi connectivity index (χ1) is 15.2. The van der Waals surface area contributed by atoms with Gasteiger partial charge in [0, 0.05) is 42.5 Å². The molecule has 0 atom stereocenters. The van der Waals surface area contributed by atoms with E-state index >= 15 is 0 Å². The number of hydrogen-bond acceptors (Lipinski definition) is 7. The van der Waals surface area contributed by atoms with E-state index in [1.54, 1.807) is 30.7 Å². The number of carbonyl (C=O) groups excluding carboxylic acids is 1. The SMILES string of the molecule is CN1CC=C(c2cc(C(=O)Nc3cc4nc(-c5cnco5)ccc4cn3)ccn2)CC1. The number of hydrogen-bond donors (Lipinski definition) is 1. The van der Waals surface area contributed by atoms with Crippen LogP contribution in [0, 0.1) is 0 Å². The smallest absolute Gasteiger partial charge is 0.256 e. The standard InChI is InChI=1S/C23H20N6O2/c1-29-8-5-15(6-9-29)19-10-16(4-7-25-19)23(30)28-22-11-20-17(12-26-22)2-3-18(27-20)21-13-24-14-31-21/h2-5,7,10-14H,6,8-9H2,1H3,(H,26,28,30). The van der Waals surface area contributed by atoms with Crippen molar-refractivity contribution < 1.29 is 9.21 Å². The van der Waals surface area contributed by atoms with Gasteiger partial charge in [-0.25, -0.2) is 15.0 Å². The topological polar surface area (TPSA) is 97.0 Å². The van der Waals surface area contributed by atoms with Crippen LogP contribution in [0.1, 0.15) is 22.5 Å². The maximum atomic E-state index is 12.8. The van der Waals surface area contributed by atoms with Crippen molar-refractivity contribution >= 4 is 28.2 Å². The molecule has 31 heavy (non-hydrogen) atoms. The lowest BCUT2D eigenvalue weighted by Crippen LogP contribution is -2.24. The molecule has 1 N–H and O–H groups in total. The van der Waals surface area contributed by atoms with Crippen LogP contribution in [0.15, 0.2) is 65.8 Å². The molecule has 1 amide bonds. The maximum Gasteiger partial charge on any atom is 0.256 e. The average molecular weight is 412 g/mol. The van der Waals surface area contributed by atoms with Crippen molar-refractivity contribution in [1.82, 2.24) is 24.8 Å². The fraction of sp³-hybridized carbons (Fsp3) is 0.174. The first-order valence-corrected chi connectivity index (χ1v) is 9.97. The first-order valence-electron chi connectivity index (χ1n) is 9.97. The van der Waals surface area contributed by atoms with Gasteiger partial charge in [-0.15, -0.1) is 0 Å². The normalized spacial score (nSPS) is 14.4. The number of likely N-dealkylation sites (N-methyl/N-ethyl adjacent to an activating group) is 1. The van der Waals surface area contributed by atoms with E-state index in [0.717, 1.165) is 30.6 Å². The second-order valence-corrected chi connectivity index (χ2v) is 7.45. The highest BCUT2D eigenvalue weighted by atomic mass is 16.3. The van der Waals surface area contributed by atoms with E-state index in [1.807, 2.05) is 18.2 Å². The Kier molecular flexibility index (Phi) is 4.97. The molecule has 0 saturated carbocycles. The van der Waals surface area contributed by atoms with E-state index in [2.05, 4.69) is 43.3 Å². The van der Waals surface area contributed by atoms with Crippen LogP contribution in [0.5, 0.6) is 0 Å². The molecule has 0 aromatic carbocycles. The van der Waals surface area contributed by atoms with Crippen molar-refractivity contribution in [2.24, 2.45) is 0 Å². The Bertz CT molecular complexity index is 1280. The molecule has 0 bridgehead atoms. The Hall–Kier alpha value is -3.91. The fourth-order valence-electron chi connectivity index (χ4n) is 3.50. The highest BCUT2D eigenvalue weighted by molar-refractivity contribution is 6.04. The zero-order valence-corrected chi connectivity index (χ0v) is 16.9. The van der Waals surface area contributed by atoms with Crippen molar-refractivity contribution in [3.63, 3.8) is 0 Å². The molecule has 5 heterocycles. The van der Waals surface area contributed by atoms with E-state index in [4.69, 9.17) is 4.42 Å². The number of aromatic nitrogens is 4. The summed E-state index contributed by atoms with van der Waals surface area (Å²) in [6.45, 7) is 1.87. The number of pyridine rings is 3. The Morgan fingerprint density at radius 2 is 2.06 bits per heavy atom. The third-order valence-electron chi connectivity index (χ3n) is 5.26. The molecule has 8 nitrogen and oxygen atoms in total. The minimum Gasteiger partial charge on any atom is -0.442 e. The van der Waals surface area contributed by atoms with Crippen LogP contribution in [0.3, 0.4) is 0 Å². The Morgan fingerprint density at radius 1 is 1.13 bits per heavy atom. The highest BCUT2D eigenvalue weighted by Crippen LogP contribution is 2.23. The van der Waals surface area contributed by atoms with Crippen LogP contribution in [0.25, 0.3) is 27.9 Å². The number of carbonyl (C=O) groups is 1. The molecule has 4 aromatic rings. The number of rotatable bonds is 4. The molecule has 0 fully saturated rings. The van der Waals surface area contributed by atoms with Gasteiger partial charge in [0.15, 0.2) is 12.2 Å². The number of fused-ring (bicyclic) bond motifs is 1. The summed E-state index contributed by atoms with van der Waals surface area (Å²) in [7, 11) is 2.09. The van der Waals surface area contributed by atoms with E-state index in [0.29, 0.717) is 28.4 Å². The molecule has 1 aliphatic rings. The summed E-state index contributed by atoms with van der Waals surface area (Å²) in [6.07, 6.45) is 9.41. The van der Waals surface area contributed by atoms with Crippen molar-refractivity contribution in [2.75, 3.05) is 25.5 Å². The second kappa shape index (κ2) is 8.08. The van der Waals surface area contributed by atoms with Gasteiger partial charge in [-0.2, -0.15) is 0 Å². The van der Waals surface area contributed by atoms with E-state index in [1.165, 1.54) is 12.0 Å². The molecule has 0 saturated heterocycles. The number of nitrogens with zero attached hydrogens (tertiary/aromatic N) is 5. The van der Waals surface area contributed by atoms with Gasteiger partial charge in [-0.3, -0.25) is 9.78 Å². The minimum atomic E-state index is -0.240. The fourth-order valence-corrected chi connectivity index (χ4v) is 3.50. The van der Waals surface area contributed by atoms with E-state index in [-0.39, 0.29) is 5.91 Å². The molecule has 154 valence electrons. The maximum absolute atomic E-state index is 12.8. The molecule has 0 unspecified atom stereocenters. The van der Waals surface area contributed by atoms with Gasteiger partial charge < -0.3 is 14.6 Å². The lowest BCUT2D eigenvalue weighted by atomic mass is 10.0. The van der Waals surface area contributed by atoms with Gasteiger partial charge >= 0.3 is 0 Å².